The minimum absolute atomic E-state index is 0. The molecule has 0 amide bonds. The number of rotatable bonds is 25. The second-order valence-corrected chi connectivity index (χ2v) is 35.1. The van der Waals surface area contributed by atoms with Crippen molar-refractivity contribution in [3.8, 4) is 112 Å². The Hall–Kier alpha value is -12.2. The molecule has 0 atom stereocenters. The van der Waals surface area contributed by atoms with Gasteiger partial charge < -0.3 is 5.11 Å². The van der Waals surface area contributed by atoms with E-state index in [2.05, 4.69) is 383 Å². The average Bonchev–Trinajstić information content (AvgIpc) is 1.57. The van der Waals surface area contributed by atoms with Gasteiger partial charge in [0.25, 0.3) is 0 Å². The molecule has 1 radical (unpaired) electrons. The molecule has 2 aromatic heterocycles. The van der Waals surface area contributed by atoms with Crippen LogP contribution in [0.4, 0.5) is 0 Å². The molecule has 0 saturated carbocycles. The normalized spacial score (nSPS) is 12.6. The Balaban J connectivity index is 0.000000173. The van der Waals surface area contributed by atoms with Gasteiger partial charge in [0.05, 0.1) is 22.5 Å². The summed E-state index contributed by atoms with van der Waals surface area (Å²) in [5.41, 5.74) is 42.7. The average molecular weight is 1800 g/mol. The molecule has 4 nitrogen and oxygen atoms in total. The molecule has 2 aliphatic rings. The quantitative estimate of drug-likeness (QED) is 0.0268. The Morgan fingerprint density at radius 2 is 0.702 bits per heavy atom. The van der Waals surface area contributed by atoms with Gasteiger partial charge in [-0.05, 0) is 266 Å². The van der Waals surface area contributed by atoms with E-state index >= 15 is 0 Å². The van der Waals surface area contributed by atoms with Crippen molar-refractivity contribution in [2.45, 2.75) is 170 Å². The number of aromatic nitrogens is 2. The fourth-order valence-corrected chi connectivity index (χ4v) is 19.1. The second kappa shape index (κ2) is 39.1. The number of unbranched alkanes of at least 4 members (excludes halogenated alkanes) is 6. The van der Waals surface area contributed by atoms with Gasteiger partial charge in [-0.15, -0.1) is 29.3 Å². The van der Waals surface area contributed by atoms with Crippen molar-refractivity contribution in [1.29, 1.82) is 0 Å². The summed E-state index contributed by atoms with van der Waals surface area (Å²) in [6.45, 7) is 22.0. The predicted molar refractivity (Wildman–Crippen MR) is 521 cm³/mol. The Morgan fingerprint density at radius 1 is 0.323 bits per heavy atom. The molecule has 5 heteroatoms. The van der Waals surface area contributed by atoms with Crippen LogP contribution in [0.15, 0.2) is 333 Å². The zero-order chi connectivity index (χ0) is 85.1. The molecule has 18 rings (SSSR count). The maximum Gasteiger partial charge on any atom is 0.158 e. The van der Waals surface area contributed by atoms with Gasteiger partial charge in [0.15, 0.2) is 5.78 Å². The molecule has 1 N–H and O–H groups in total. The van der Waals surface area contributed by atoms with Crippen LogP contribution in [-0.4, -0.2) is 20.9 Å². The fraction of sp³-hybridized carbons (Fsp3) is 0.218. The molecule has 0 bridgehead atoms. The molecule has 2 heterocycles. The van der Waals surface area contributed by atoms with Crippen LogP contribution in [0.1, 0.15) is 173 Å². The third kappa shape index (κ3) is 19.2. The van der Waals surface area contributed by atoms with E-state index in [1.54, 1.807) is 13.8 Å². The Labute approximate surface area is 749 Å². The van der Waals surface area contributed by atoms with Gasteiger partial charge in [0.2, 0.25) is 0 Å². The molecule has 621 valence electrons. The first-order chi connectivity index (χ1) is 59.9. The van der Waals surface area contributed by atoms with Gasteiger partial charge >= 0.3 is 0 Å². The predicted octanol–water partition coefficient (Wildman–Crippen LogP) is 32.0. The number of aliphatic hydroxyl groups is 1. The van der Waals surface area contributed by atoms with Crippen molar-refractivity contribution < 1.29 is 30.0 Å². The number of hydrogen-bond donors (Lipinski definition) is 1. The molecule has 0 fully saturated rings. The first-order valence-corrected chi connectivity index (χ1v) is 44.7. The summed E-state index contributed by atoms with van der Waals surface area (Å²) in [5, 5.41) is 11.1. The molecule has 2 aliphatic carbocycles. The monoisotopic (exact) mass is 1790 g/mol. The minimum Gasteiger partial charge on any atom is -0.512 e. The molecule has 124 heavy (non-hydrogen) atoms. The second-order valence-electron chi connectivity index (χ2n) is 35.1. The van der Waals surface area contributed by atoms with Crippen molar-refractivity contribution in [1.82, 2.24) is 9.97 Å². The molecule has 0 unspecified atom stereocenters. The largest absolute Gasteiger partial charge is 0.512 e. The van der Waals surface area contributed by atoms with Crippen LogP contribution in [0.2, 0.25) is 0 Å². The van der Waals surface area contributed by atoms with Gasteiger partial charge in [-0.25, -0.2) is 4.98 Å². The summed E-state index contributed by atoms with van der Waals surface area (Å²) in [6.07, 6.45) is 17.0. The minimum atomic E-state index is -0.0827. The first-order valence-electron chi connectivity index (χ1n) is 44.7. The van der Waals surface area contributed by atoms with E-state index in [-0.39, 0.29) is 42.5 Å². The fourth-order valence-electron chi connectivity index (χ4n) is 19.1. The van der Waals surface area contributed by atoms with Crippen molar-refractivity contribution in [2.75, 3.05) is 0 Å². The summed E-state index contributed by atoms with van der Waals surface area (Å²) in [4.78, 5) is 21.2. The van der Waals surface area contributed by atoms with Gasteiger partial charge in [-0.1, -0.05) is 351 Å². The number of benzene rings is 14. The van der Waals surface area contributed by atoms with Crippen molar-refractivity contribution in [3.05, 3.63) is 406 Å². The third-order valence-corrected chi connectivity index (χ3v) is 25.7. The van der Waals surface area contributed by atoms with E-state index in [9.17, 15) is 4.79 Å². The van der Waals surface area contributed by atoms with Crippen LogP contribution in [0.3, 0.4) is 0 Å². The van der Waals surface area contributed by atoms with E-state index in [0.717, 1.165) is 51.8 Å². The molecule has 0 saturated heterocycles. The van der Waals surface area contributed by atoms with Gasteiger partial charge in [0, 0.05) is 60.8 Å². The maximum atomic E-state index is 10.5. The topological polar surface area (TPSA) is 63.1 Å². The molecule has 16 aromatic rings. The number of aliphatic hydroxyl groups excluding tert-OH is 1. The van der Waals surface area contributed by atoms with Gasteiger partial charge in [-0.3, -0.25) is 9.78 Å². The number of pyridine rings is 2. The van der Waals surface area contributed by atoms with Crippen LogP contribution < -0.4 is 0 Å². The van der Waals surface area contributed by atoms with Crippen molar-refractivity contribution >= 4 is 27.6 Å². The van der Waals surface area contributed by atoms with Crippen molar-refractivity contribution in [3.63, 3.8) is 0 Å². The van der Waals surface area contributed by atoms with Gasteiger partial charge in [0.1, 0.15) is 0 Å². The molecule has 0 aliphatic heterocycles. The summed E-state index contributed by atoms with van der Waals surface area (Å²) >= 11 is 0. The SMILES string of the molecule is CCC(=O)C=C(O)CC.Cc1cc(-c2cccc(CCCCCCc3ccccc3)c2)cc(C)c1-c1ccc2nc(-c3[c-]cc4c(c3)C(C)(C)c3ccccc3-4)cc(-c3ccccc3)c2c1.Cc1cc(-c2cccc(CCCCCCc3ccccc3)c2)cc(C)c1-c1ccc2nc(-c3ccc4c(c3)C(C)(C)c3ccccc3-4)cc(-c3ccccc3)c2c1.[Ir]. The van der Waals surface area contributed by atoms with Crippen LogP contribution in [-0.2, 0) is 61.4 Å². The number of hydrogen-bond acceptors (Lipinski definition) is 4. The number of carbonyl (C=O) groups is 1. The standard InChI is InChI=1S/C56H51N.C56H50N.C7H12O2.Ir/c2*1-38-32-46(43-25-17-22-41(34-43)21-10-6-5-9-18-40-19-11-7-12-20-40)33-39(2)55(38)45-29-31-53-50(35-45)49(42-23-13-8-14-24-42)37-54(57-53)44-28-30-48-47-26-15-16-27-51(47)56(3,4)52(48)36-44;1-3-6(8)5-7(9)4-2;/h7-8,11-17,19-20,22-37H,5-6,9-10,18,21H2,1-4H3;7-8,11-17,19-20,22-27,29-37H,5-6,9-10,18,21H2,1-4H3;5,8H,3-4H2,1-2H3;/q;-1;;. The first kappa shape index (κ1) is 86.7. The van der Waals surface area contributed by atoms with Crippen LogP contribution in [0.5, 0.6) is 0 Å². The Morgan fingerprint density at radius 3 is 1.16 bits per heavy atom. The third-order valence-electron chi connectivity index (χ3n) is 25.7. The number of nitrogens with zero attached hydrogens (tertiary/aromatic N) is 2. The number of allylic oxidation sites excluding steroid dienone is 2. The smallest absolute Gasteiger partial charge is 0.158 e. The van der Waals surface area contributed by atoms with Crippen LogP contribution in [0.25, 0.3) is 133 Å². The van der Waals surface area contributed by atoms with Crippen LogP contribution in [0, 0.1) is 33.8 Å². The van der Waals surface area contributed by atoms with Crippen LogP contribution >= 0.6 is 0 Å². The molecular weight excluding hydrogens is 1680 g/mol. The van der Waals surface area contributed by atoms with E-state index in [4.69, 9.17) is 15.1 Å². The van der Waals surface area contributed by atoms with Crippen molar-refractivity contribution in [2.24, 2.45) is 0 Å². The summed E-state index contributed by atoms with van der Waals surface area (Å²) in [5.74, 6) is 0.149. The summed E-state index contributed by atoms with van der Waals surface area (Å²) in [7, 11) is 0. The molecule has 14 aromatic carbocycles. The van der Waals surface area contributed by atoms with E-state index in [1.807, 2.05) is 0 Å². The zero-order valence-corrected chi connectivity index (χ0v) is 76.1. The zero-order valence-electron chi connectivity index (χ0n) is 73.7. The molecule has 0 spiro atoms. The molecular formula is C119H113IrN2O2-. The summed E-state index contributed by atoms with van der Waals surface area (Å²) < 4.78 is 0. The van der Waals surface area contributed by atoms with E-state index in [1.165, 1.54) is 231 Å². The number of ketones is 1. The number of aryl methyl sites for hydroxylation is 8. The number of carbonyl (C=O) groups excluding carboxylic acids is 1. The van der Waals surface area contributed by atoms with E-state index in [0.29, 0.717) is 12.8 Å². The Kier molecular flexibility index (Phi) is 27.3. The van der Waals surface area contributed by atoms with E-state index < -0.39 is 0 Å². The number of fused-ring (bicyclic) bond motifs is 8. The summed E-state index contributed by atoms with van der Waals surface area (Å²) in [6, 6.07) is 122. The maximum absolute atomic E-state index is 10.5. The Bertz CT molecular complexity index is 6110. The van der Waals surface area contributed by atoms with Gasteiger partial charge in [-0.2, -0.15) is 0 Å².